The van der Waals surface area contributed by atoms with E-state index in [9.17, 15) is 4.79 Å². The summed E-state index contributed by atoms with van der Waals surface area (Å²) in [5.41, 5.74) is 1.78. The Labute approximate surface area is 128 Å². The number of carbonyl (C=O) groups is 1. The van der Waals surface area contributed by atoms with Crippen LogP contribution in [0, 0.1) is 0 Å². The highest BCUT2D eigenvalue weighted by atomic mass is 35.5. The molecule has 0 aliphatic heterocycles. The van der Waals surface area contributed by atoms with Crippen LogP contribution in [0.5, 0.6) is 5.75 Å². The van der Waals surface area contributed by atoms with E-state index in [1.807, 2.05) is 48.5 Å². The molecule has 0 amide bonds. The Morgan fingerprint density at radius 1 is 1.19 bits per heavy atom. The summed E-state index contributed by atoms with van der Waals surface area (Å²) in [5.74, 6) is 0.319. The second-order valence-corrected chi connectivity index (χ2v) is 4.72. The Hall–Kier alpha value is -2.26. The van der Waals surface area contributed by atoms with Crippen molar-refractivity contribution in [1.29, 1.82) is 0 Å². The second kappa shape index (κ2) is 7.50. The van der Waals surface area contributed by atoms with Gasteiger partial charge in [0.05, 0.1) is 7.11 Å². The van der Waals surface area contributed by atoms with Gasteiger partial charge in [0.1, 0.15) is 12.4 Å². The number of hydrogen-bond acceptors (Lipinski definition) is 3. The fourth-order valence-electron chi connectivity index (χ4n) is 1.72. The first kappa shape index (κ1) is 15.1. The maximum absolute atomic E-state index is 11.1. The first-order valence-corrected chi connectivity index (χ1v) is 6.79. The van der Waals surface area contributed by atoms with Crippen molar-refractivity contribution in [3.8, 4) is 5.75 Å². The summed E-state index contributed by atoms with van der Waals surface area (Å²) in [6.07, 6.45) is 3.04. The average molecular weight is 303 g/mol. The van der Waals surface area contributed by atoms with Crippen LogP contribution in [0.2, 0.25) is 5.02 Å². The first-order valence-electron chi connectivity index (χ1n) is 6.41. The molecular formula is C17H15ClO3. The maximum Gasteiger partial charge on any atom is 0.330 e. The molecule has 0 aliphatic rings. The number of methoxy groups -OCH3 is 1. The van der Waals surface area contributed by atoms with Gasteiger partial charge in [0.15, 0.2) is 0 Å². The van der Waals surface area contributed by atoms with E-state index in [0.717, 1.165) is 11.1 Å². The van der Waals surface area contributed by atoms with E-state index >= 15 is 0 Å². The summed E-state index contributed by atoms with van der Waals surface area (Å²) in [6, 6.07) is 15.0. The van der Waals surface area contributed by atoms with Crippen molar-refractivity contribution in [2.24, 2.45) is 0 Å². The van der Waals surface area contributed by atoms with Crippen molar-refractivity contribution in [2.75, 3.05) is 7.11 Å². The van der Waals surface area contributed by atoms with Crippen LogP contribution in [-0.4, -0.2) is 13.1 Å². The summed E-state index contributed by atoms with van der Waals surface area (Å²) in [5, 5.41) is 0.680. The highest BCUT2D eigenvalue weighted by Gasteiger charge is 2.01. The summed E-state index contributed by atoms with van der Waals surface area (Å²) in [7, 11) is 1.34. The van der Waals surface area contributed by atoms with Crippen molar-refractivity contribution < 1.29 is 14.3 Å². The van der Waals surface area contributed by atoms with E-state index in [1.54, 1.807) is 6.08 Å². The van der Waals surface area contributed by atoms with Crippen molar-refractivity contribution in [3.05, 3.63) is 70.8 Å². The molecule has 0 bridgehead atoms. The molecule has 0 fully saturated rings. The molecule has 0 saturated heterocycles. The number of hydrogen-bond donors (Lipinski definition) is 0. The monoisotopic (exact) mass is 302 g/mol. The Bertz CT molecular complexity index is 650. The summed E-state index contributed by atoms with van der Waals surface area (Å²) in [6.45, 7) is 0.393. The van der Waals surface area contributed by atoms with E-state index in [1.165, 1.54) is 13.2 Å². The van der Waals surface area contributed by atoms with Gasteiger partial charge >= 0.3 is 5.97 Å². The van der Waals surface area contributed by atoms with Crippen LogP contribution >= 0.6 is 11.6 Å². The van der Waals surface area contributed by atoms with Gasteiger partial charge in [-0.2, -0.15) is 0 Å². The van der Waals surface area contributed by atoms with Crippen LogP contribution in [0.3, 0.4) is 0 Å². The molecule has 0 radical (unpaired) electrons. The molecule has 0 saturated carbocycles. The molecule has 2 aromatic carbocycles. The summed E-state index contributed by atoms with van der Waals surface area (Å²) < 4.78 is 10.3. The minimum absolute atomic E-state index is 0.391. The quantitative estimate of drug-likeness (QED) is 0.616. The van der Waals surface area contributed by atoms with Crippen LogP contribution < -0.4 is 4.74 Å². The molecular weight excluding hydrogens is 288 g/mol. The maximum atomic E-state index is 11.1. The fourth-order valence-corrected chi connectivity index (χ4v) is 1.91. The molecule has 0 heterocycles. The molecule has 0 aliphatic carbocycles. The molecule has 0 spiro atoms. The molecule has 0 unspecified atom stereocenters. The van der Waals surface area contributed by atoms with Crippen LogP contribution in [0.1, 0.15) is 11.1 Å². The fraction of sp³-hybridized carbons (Fsp3) is 0.118. The van der Waals surface area contributed by atoms with E-state index in [0.29, 0.717) is 17.4 Å². The normalized spacial score (nSPS) is 10.6. The van der Waals surface area contributed by atoms with Gasteiger partial charge in [-0.3, -0.25) is 0 Å². The van der Waals surface area contributed by atoms with Crippen LogP contribution in [0.25, 0.3) is 6.08 Å². The second-order valence-electron chi connectivity index (χ2n) is 4.31. The smallest absolute Gasteiger partial charge is 0.330 e. The van der Waals surface area contributed by atoms with Gasteiger partial charge < -0.3 is 9.47 Å². The van der Waals surface area contributed by atoms with Gasteiger partial charge in [0.2, 0.25) is 0 Å². The highest BCUT2D eigenvalue weighted by molar-refractivity contribution is 6.31. The minimum atomic E-state index is -0.391. The van der Waals surface area contributed by atoms with Crippen molar-refractivity contribution in [1.82, 2.24) is 0 Å². The number of halogens is 1. The Morgan fingerprint density at radius 2 is 2.00 bits per heavy atom. The molecule has 2 rings (SSSR count). The Balaban J connectivity index is 2.03. The van der Waals surface area contributed by atoms with E-state index in [4.69, 9.17) is 16.3 Å². The van der Waals surface area contributed by atoms with Gasteiger partial charge in [-0.25, -0.2) is 4.79 Å². The highest BCUT2D eigenvalue weighted by Crippen LogP contribution is 2.19. The first-order chi connectivity index (χ1) is 10.2. The largest absolute Gasteiger partial charge is 0.489 e. The lowest BCUT2D eigenvalue weighted by Gasteiger charge is -2.08. The molecule has 0 N–H and O–H groups in total. The lowest BCUT2D eigenvalue weighted by atomic mass is 10.2. The van der Waals surface area contributed by atoms with Crippen LogP contribution in [-0.2, 0) is 16.1 Å². The van der Waals surface area contributed by atoms with Crippen LogP contribution in [0.4, 0.5) is 0 Å². The third-order valence-electron chi connectivity index (χ3n) is 2.82. The van der Waals surface area contributed by atoms with Gasteiger partial charge in [-0.05, 0) is 29.8 Å². The van der Waals surface area contributed by atoms with E-state index in [2.05, 4.69) is 4.74 Å². The zero-order chi connectivity index (χ0) is 15.1. The molecule has 4 heteroatoms. The summed E-state index contributed by atoms with van der Waals surface area (Å²) in [4.78, 5) is 11.1. The zero-order valence-corrected chi connectivity index (χ0v) is 12.3. The molecule has 3 nitrogen and oxygen atoms in total. The lowest BCUT2D eigenvalue weighted by molar-refractivity contribution is -0.134. The third-order valence-corrected chi connectivity index (χ3v) is 3.19. The van der Waals surface area contributed by atoms with Crippen molar-refractivity contribution in [3.63, 3.8) is 0 Å². The number of ether oxygens (including phenoxy) is 2. The Kier molecular flexibility index (Phi) is 5.41. The predicted octanol–water partition coefficient (Wildman–Crippen LogP) is 4.11. The van der Waals surface area contributed by atoms with Gasteiger partial charge in [-0.1, -0.05) is 41.9 Å². The lowest BCUT2D eigenvalue weighted by Crippen LogP contribution is -1.96. The number of carbonyl (C=O) groups excluding carboxylic acids is 1. The van der Waals surface area contributed by atoms with E-state index in [-0.39, 0.29) is 0 Å². The third kappa shape index (κ3) is 4.65. The van der Waals surface area contributed by atoms with Crippen LogP contribution in [0.15, 0.2) is 54.6 Å². The van der Waals surface area contributed by atoms with Gasteiger partial charge in [-0.15, -0.1) is 0 Å². The minimum Gasteiger partial charge on any atom is -0.489 e. The molecule has 21 heavy (non-hydrogen) atoms. The summed E-state index contributed by atoms with van der Waals surface area (Å²) >= 11 is 6.08. The number of rotatable bonds is 5. The number of esters is 1. The van der Waals surface area contributed by atoms with Crippen molar-refractivity contribution in [2.45, 2.75) is 6.61 Å². The zero-order valence-electron chi connectivity index (χ0n) is 11.6. The Morgan fingerprint density at radius 3 is 2.76 bits per heavy atom. The molecule has 108 valence electrons. The van der Waals surface area contributed by atoms with E-state index < -0.39 is 5.97 Å². The molecule has 0 aromatic heterocycles. The SMILES string of the molecule is COC(=O)C=Cc1cccc(OCc2ccccc2Cl)c1. The van der Waals surface area contributed by atoms with Crippen molar-refractivity contribution >= 4 is 23.6 Å². The molecule has 2 aromatic rings. The average Bonchev–Trinajstić information content (AvgIpc) is 2.52. The standard InChI is InChI=1S/C17H15ClO3/c1-20-17(19)10-9-13-5-4-7-15(11-13)21-12-14-6-2-3-8-16(14)18/h2-11H,12H2,1H3. The van der Waals surface area contributed by atoms with Gasteiger partial charge in [0.25, 0.3) is 0 Å². The number of benzene rings is 2. The topological polar surface area (TPSA) is 35.5 Å². The molecule has 0 atom stereocenters. The predicted molar refractivity (Wildman–Crippen MR) is 83.3 cm³/mol. The van der Waals surface area contributed by atoms with Gasteiger partial charge in [0, 0.05) is 16.7 Å².